The number of aliphatic hydroxyl groups is 1. The second-order valence-corrected chi connectivity index (χ2v) is 8.63. The largest absolute Gasteiger partial charge is 0.391 e. The van der Waals surface area contributed by atoms with E-state index < -0.39 is 10.0 Å². The fourth-order valence-electron chi connectivity index (χ4n) is 1.44. The quantitative estimate of drug-likeness (QED) is 0.787. The van der Waals surface area contributed by atoms with E-state index in [4.69, 9.17) is 28.3 Å². The Morgan fingerprint density at radius 2 is 1.90 bits per heavy atom. The number of anilines is 1. The zero-order valence-corrected chi connectivity index (χ0v) is 14.5. The van der Waals surface area contributed by atoms with Crippen molar-refractivity contribution in [3.63, 3.8) is 0 Å². The van der Waals surface area contributed by atoms with Crippen LogP contribution in [0.5, 0.6) is 0 Å². The van der Waals surface area contributed by atoms with Gasteiger partial charge in [0.1, 0.15) is 4.90 Å². The Kier molecular flexibility index (Phi) is 4.99. The van der Waals surface area contributed by atoms with Gasteiger partial charge in [-0.1, -0.05) is 29.3 Å². The van der Waals surface area contributed by atoms with E-state index in [0.29, 0.717) is 8.66 Å². The number of sulfonamides is 1. The van der Waals surface area contributed by atoms with Crippen LogP contribution in [0.1, 0.15) is 4.88 Å². The predicted molar refractivity (Wildman–Crippen MR) is 85.2 cm³/mol. The first-order valence-corrected chi connectivity index (χ1v) is 9.06. The highest BCUT2D eigenvalue weighted by atomic mass is 79.9. The molecule has 0 fully saturated rings. The summed E-state index contributed by atoms with van der Waals surface area (Å²) in [5.41, 5.74) is 0.125. The van der Waals surface area contributed by atoms with Crippen molar-refractivity contribution in [3.8, 4) is 0 Å². The van der Waals surface area contributed by atoms with Crippen molar-refractivity contribution in [2.24, 2.45) is 0 Å². The molecule has 0 aliphatic rings. The standard InChI is InChI=1S/C11H8BrCl2NO3S2/c12-11-9(4-6(5-16)19-11)20(17,18)15-10-7(13)2-1-3-8(10)14/h1-4,15-16H,5H2. The molecule has 20 heavy (non-hydrogen) atoms. The van der Waals surface area contributed by atoms with Crippen LogP contribution in [0.4, 0.5) is 5.69 Å². The molecule has 2 aromatic rings. The molecule has 0 aliphatic carbocycles. The molecular formula is C11H8BrCl2NO3S2. The lowest BCUT2D eigenvalue weighted by molar-refractivity contribution is 0.285. The number of thiophene rings is 1. The molecule has 0 bridgehead atoms. The van der Waals surface area contributed by atoms with Crippen LogP contribution in [0, 0.1) is 0 Å². The summed E-state index contributed by atoms with van der Waals surface area (Å²) in [4.78, 5) is 0.560. The number of rotatable bonds is 4. The Morgan fingerprint density at radius 1 is 1.30 bits per heavy atom. The first kappa shape index (κ1) is 16.1. The molecule has 0 radical (unpaired) electrons. The van der Waals surface area contributed by atoms with Crippen LogP contribution in [-0.2, 0) is 16.6 Å². The molecule has 0 saturated carbocycles. The van der Waals surface area contributed by atoms with E-state index in [2.05, 4.69) is 20.7 Å². The second-order valence-electron chi connectivity index (χ2n) is 3.71. The monoisotopic (exact) mass is 415 g/mol. The van der Waals surface area contributed by atoms with Crippen molar-refractivity contribution in [2.45, 2.75) is 11.5 Å². The summed E-state index contributed by atoms with van der Waals surface area (Å²) in [6, 6.07) is 6.08. The molecule has 1 aromatic carbocycles. The lowest BCUT2D eigenvalue weighted by Gasteiger charge is -2.10. The molecule has 2 N–H and O–H groups in total. The summed E-state index contributed by atoms with van der Waals surface area (Å²) in [6.07, 6.45) is 0. The van der Waals surface area contributed by atoms with Gasteiger partial charge in [0, 0.05) is 4.88 Å². The highest BCUT2D eigenvalue weighted by molar-refractivity contribution is 9.11. The molecule has 108 valence electrons. The van der Waals surface area contributed by atoms with Crippen molar-refractivity contribution >= 4 is 66.2 Å². The van der Waals surface area contributed by atoms with E-state index in [1.165, 1.54) is 18.2 Å². The molecule has 2 rings (SSSR count). The highest BCUT2D eigenvalue weighted by Gasteiger charge is 2.22. The minimum Gasteiger partial charge on any atom is -0.391 e. The zero-order chi connectivity index (χ0) is 14.9. The van der Waals surface area contributed by atoms with Gasteiger partial charge in [-0.25, -0.2) is 8.42 Å². The van der Waals surface area contributed by atoms with Gasteiger partial charge in [-0.05, 0) is 34.1 Å². The third-order valence-corrected chi connectivity index (χ3v) is 6.57. The van der Waals surface area contributed by atoms with Gasteiger partial charge in [-0.3, -0.25) is 4.72 Å². The van der Waals surface area contributed by atoms with E-state index in [1.54, 1.807) is 6.07 Å². The predicted octanol–water partition coefficient (Wildman–Crippen LogP) is 4.11. The summed E-state index contributed by atoms with van der Waals surface area (Å²) in [6.45, 7) is -0.231. The lowest BCUT2D eigenvalue weighted by Crippen LogP contribution is -2.13. The molecule has 0 aliphatic heterocycles. The van der Waals surface area contributed by atoms with Crippen LogP contribution in [0.25, 0.3) is 0 Å². The van der Waals surface area contributed by atoms with Crippen molar-refractivity contribution in [1.29, 1.82) is 0 Å². The summed E-state index contributed by atoms with van der Waals surface area (Å²) in [7, 11) is -3.84. The number of hydrogen-bond acceptors (Lipinski definition) is 4. The van der Waals surface area contributed by atoms with E-state index in [1.807, 2.05) is 0 Å². The molecule has 0 spiro atoms. The maximum absolute atomic E-state index is 12.3. The maximum atomic E-state index is 12.3. The molecule has 1 aromatic heterocycles. The molecule has 1 heterocycles. The van der Waals surface area contributed by atoms with Crippen LogP contribution in [0.2, 0.25) is 10.0 Å². The van der Waals surface area contributed by atoms with Gasteiger partial charge >= 0.3 is 0 Å². The Bertz CT molecular complexity index is 726. The smallest absolute Gasteiger partial charge is 0.263 e. The third kappa shape index (κ3) is 3.29. The number of hydrogen-bond donors (Lipinski definition) is 2. The van der Waals surface area contributed by atoms with Crippen molar-refractivity contribution < 1.29 is 13.5 Å². The summed E-state index contributed by atoms with van der Waals surface area (Å²) in [5, 5.41) is 9.46. The van der Waals surface area contributed by atoms with Gasteiger partial charge in [0.05, 0.1) is 26.1 Å². The number of nitrogens with one attached hydrogen (secondary N) is 1. The number of aliphatic hydroxyl groups excluding tert-OH is 1. The normalized spacial score (nSPS) is 11.6. The van der Waals surface area contributed by atoms with E-state index in [0.717, 1.165) is 11.3 Å². The number of benzene rings is 1. The van der Waals surface area contributed by atoms with Crippen molar-refractivity contribution in [2.75, 3.05) is 4.72 Å². The van der Waals surface area contributed by atoms with Gasteiger partial charge in [-0.2, -0.15) is 0 Å². The average molecular weight is 417 g/mol. The van der Waals surface area contributed by atoms with E-state index in [-0.39, 0.29) is 27.2 Å². The van der Waals surface area contributed by atoms with Gasteiger partial charge in [0.2, 0.25) is 0 Å². The SMILES string of the molecule is O=S(=O)(Nc1c(Cl)cccc1Cl)c1cc(CO)sc1Br. The van der Waals surface area contributed by atoms with Crippen LogP contribution >= 0.6 is 50.5 Å². The number of para-hydroxylation sites is 1. The number of halogens is 3. The molecular weight excluding hydrogens is 409 g/mol. The minimum absolute atomic E-state index is 0.0301. The second kappa shape index (κ2) is 6.21. The Labute approximate surface area is 138 Å². The van der Waals surface area contributed by atoms with E-state index in [9.17, 15) is 8.42 Å². The topological polar surface area (TPSA) is 66.4 Å². The van der Waals surface area contributed by atoms with Gasteiger partial charge in [0.15, 0.2) is 0 Å². The molecule has 4 nitrogen and oxygen atoms in total. The summed E-state index contributed by atoms with van der Waals surface area (Å²) in [5.74, 6) is 0. The highest BCUT2D eigenvalue weighted by Crippen LogP contribution is 2.36. The summed E-state index contributed by atoms with van der Waals surface area (Å²) < 4.78 is 27.4. The molecule has 0 atom stereocenters. The Balaban J connectivity index is 2.43. The van der Waals surface area contributed by atoms with Gasteiger partial charge in [0.25, 0.3) is 10.0 Å². The van der Waals surface area contributed by atoms with Gasteiger partial charge < -0.3 is 5.11 Å². The van der Waals surface area contributed by atoms with Crippen molar-refractivity contribution in [1.82, 2.24) is 0 Å². The van der Waals surface area contributed by atoms with Crippen LogP contribution in [-0.4, -0.2) is 13.5 Å². The van der Waals surface area contributed by atoms with Gasteiger partial charge in [-0.15, -0.1) is 11.3 Å². The Hall–Kier alpha value is -0.310. The minimum atomic E-state index is -3.84. The first-order chi connectivity index (χ1) is 9.35. The van der Waals surface area contributed by atoms with Crippen LogP contribution in [0.3, 0.4) is 0 Å². The maximum Gasteiger partial charge on any atom is 0.263 e. The molecule has 9 heteroatoms. The average Bonchev–Trinajstić information content (AvgIpc) is 2.76. The third-order valence-electron chi connectivity index (χ3n) is 2.35. The zero-order valence-electron chi connectivity index (χ0n) is 9.73. The first-order valence-electron chi connectivity index (χ1n) is 5.21. The Morgan fingerprint density at radius 3 is 2.40 bits per heavy atom. The fourth-order valence-corrected chi connectivity index (χ4v) is 5.69. The lowest BCUT2D eigenvalue weighted by atomic mass is 10.3. The molecule has 0 saturated heterocycles. The van der Waals surface area contributed by atoms with Crippen LogP contribution < -0.4 is 4.72 Å². The van der Waals surface area contributed by atoms with E-state index >= 15 is 0 Å². The molecule has 0 amide bonds. The summed E-state index contributed by atoms with van der Waals surface area (Å²) >= 11 is 16.2. The fraction of sp³-hybridized carbons (Fsp3) is 0.0909. The van der Waals surface area contributed by atoms with Crippen LogP contribution in [0.15, 0.2) is 32.9 Å². The van der Waals surface area contributed by atoms with Crippen molar-refractivity contribution in [3.05, 3.63) is 43.0 Å². The molecule has 0 unspecified atom stereocenters.